The fraction of sp³-hybridized carbons (Fsp3) is 0.174. The van der Waals surface area contributed by atoms with Gasteiger partial charge in [-0.15, -0.1) is 6.58 Å². The zero-order valence-corrected chi connectivity index (χ0v) is 19.1. The number of rotatable bonds is 11. The van der Waals surface area contributed by atoms with E-state index in [4.69, 9.17) is 9.47 Å². The third-order valence-corrected chi connectivity index (χ3v) is 6.22. The van der Waals surface area contributed by atoms with Gasteiger partial charge in [-0.2, -0.15) is 0 Å². The van der Waals surface area contributed by atoms with Gasteiger partial charge in [-0.3, -0.25) is 9.59 Å². The number of methoxy groups -OCH3 is 1. The minimum absolute atomic E-state index is 0.107. The molecule has 0 atom stereocenters. The molecule has 7 nitrogen and oxygen atoms in total. The molecule has 0 bridgehead atoms. The number of thiazole rings is 1. The van der Waals surface area contributed by atoms with Gasteiger partial charge < -0.3 is 20.1 Å². The minimum atomic E-state index is -0.304. The standard InChI is InChI=1S/C23H23N3O4S2/c1-3-13-24-20(28)15-31-23-26-21(16-7-5-4-6-8-16)22(32-23)25-19(27)14-30-18-11-9-17(29-2)10-12-18/h3-12H,1,13-15H2,2H3,(H,24,28)(H,25,27). The van der Waals surface area contributed by atoms with Crippen LogP contribution in [0.5, 0.6) is 11.5 Å². The van der Waals surface area contributed by atoms with Crippen molar-refractivity contribution in [2.45, 2.75) is 4.34 Å². The van der Waals surface area contributed by atoms with Crippen LogP contribution in [0.2, 0.25) is 0 Å². The SMILES string of the molecule is C=CCNC(=O)CSc1nc(-c2ccccc2)c(NC(=O)COc2ccc(OC)cc2)s1. The molecule has 9 heteroatoms. The molecule has 1 heterocycles. The Bertz CT molecular complexity index is 1050. The van der Waals surface area contributed by atoms with Crippen LogP contribution >= 0.6 is 23.1 Å². The van der Waals surface area contributed by atoms with Crippen LogP contribution in [0.15, 0.2) is 71.6 Å². The molecule has 0 spiro atoms. The molecule has 166 valence electrons. The molecule has 0 aliphatic carbocycles. The van der Waals surface area contributed by atoms with Crippen LogP contribution in [0.25, 0.3) is 11.3 Å². The van der Waals surface area contributed by atoms with Gasteiger partial charge in [0.15, 0.2) is 10.9 Å². The van der Waals surface area contributed by atoms with E-state index in [0.29, 0.717) is 33.1 Å². The van der Waals surface area contributed by atoms with Gasteiger partial charge in [0.05, 0.1) is 12.9 Å². The molecule has 0 saturated carbocycles. The second-order valence-electron chi connectivity index (χ2n) is 6.42. The number of hydrogen-bond acceptors (Lipinski definition) is 7. The fourth-order valence-electron chi connectivity index (χ4n) is 2.59. The number of amides is 2. The molecule has 0 unspecified atom stereocenters. The molecule has 2 N–H and O–H groups in total. The number of hydrogen-bond donors (Lipinski definition) is 2. The summed E-state index contributed by atoms with van der Waals surface area (Å²) in [5.41, 5.74) is 1.53. The number of carbonyl (C=O) groups excluding carboxylic acids is 2. The maximum Gasteiger partial charge on any atom is 0.262 e. The van der Waals surface area contributed by atoms with E-state index in [-0.39, 0.29) is 24.2 Å². The molecule has 2 aromatic carbocycles. The summed E-state index contributed by atoms with van der Waals surface area (Å²) < 4.78 is 11.4. The minimum Gasteiger partial charge on any atom is -0.497 e. The Morgan fingerprint density at radius 1 is 1.09 bits per heavy atom. The van der Waals surface area contributed by atoms with E-state index < -0.39 is 0 Å². The Balaban J connectivity index is 1.67. The van der Waals surface area contributed by atoms with E-state index in [9.17, 15) is 9.59 Å². The average Bonchev–Trinajstić information content (AvgIpc) is 3.23. The Hall–Kier alpha value is -3.30. The van der Waals surface area contributed by atoms with Gasteiger partial charge in [-0.25, -0.2) is 4.98 Å². The normalized spacial score (nSPS) is 10.3. The van der Waals surface area contributed by atoms with E-state index in [1.807, 2.05) is 30.3 Å². The highest BCUT2D eigenvalue weighted by Crippen LogP contribution is 2.37. The first-order valence-corrected chi connectivity index (χ1v) is 11.5. The Labute approximate surface area is 194 Å². The molecule has 0 saturated heterocycles. The van der Waals surface area contributed by atoms with Gasteiger partial charge in [0.2, 0.25) is 5.91 Å². The molecule has 2 amide bonds. The van der Waals surface area contributed by atoms with E-state index in [1.54, 1.807) is 37.5 Å². The van der Waals surface area contributed by atoms with Crippen molar-refractivity contribution < 1.29 is 19.1 Å². The summed E-state index contributed by atoms with van der Waals surface area (Å²) in [5, 5.41) is 6.22. The first-order valence-electron chi connectivity index (χ1n) is 9.72. The molecule has 0 radical (unpaired) electrons. The summed E-state index contributed by atoms with van der Waals surface area (Å²) in [5.74, 6) is 1.09. The second kappa shape index (κ2) is 11.9. The van der Waals surface area contributed by atoms with Crippen molar-refractivity contribution >= 4 is 39.9 Å². The van der Waals surface area contributed by atoms with Gasteiger partial charge in [-0.1, -0.05) is 59.5 Å². The van der Waals surface area contributed by atoms with E-state index in [2.05, 4.69) is 22.2 Å². The molecule has 3 aromatic rings. The first kappa shape index (κ1) is 23.4. The third-order valence-electron chi connectivity index (χ3n) is 4.11. The third kappa shape index (κ3) is 6.86. The van der Waals surface area contributed by atoms with Crippen molar-refractivity contribution in [1.82, 2.24) is 10.3 Å². The number of anilines is 1. The number of aromatic nitrogens is 1. The molecule has 1 aromatic heterocycles. The monoisotopic (exact) mass is 469 g/mol. The van der Waals surface area contributed by atoms with Gasteiger partial charge in [0, 0.05) is 12.1 Å². The van der Waals surface area contributed by atoms with Gasteiger partial charge in [0.25, 0.3) is 5.91 Å². The van der Waals surface area contributed by atoms with Crippen LogP contribution in [0.3, 0.4) is 0 Å². The summed E-state index contributed by atoms with van der Waals surface area (Å²) in [6, 6.07) is 16.6. The summed E-state index contributed by atoms with van der Waals surface area (Å²) >= 11 is 2.64. The van der Waals surface area contributed by atoms with Crippen LogP contribution < -0.4 is 20.1 Å². The molecular formula is C23H23N3O4S2. The zero-order valence-electron chi connectivity index (χ0n) is 17.5. The summed E-state index contributed by atoms with van der Waals surface area (Å²) in [7, 11) is 1.59. The smallest absolute Gasteiger partial charge is 0.262 e. The van der Waals surface area contributed by atoms with E-state index >= 15 is 0 Å². The molecule has 0 aliphatic heterocycles. The number of carbonyl (C=O) groups is 2. The Morgan fingerprint density at radius 2 is 1.81 bits per heavy atom. The molecule has 0 aliphatic rings. The maximum absolute atomic E-state index is 12.5. The highest BCUT2D eigenvalue weighted by Gasteiger charge is 2.17. The lowest BCUT2D eigenvalue weighted by Gasteiger charge is -2.08. The van der Waals surface area contributed by atoms with Crippen molar-refractivity contribution in [1.29, 1.82) is 0 Å². The van der Waals surface area contributed by atoms with Crippen molar-refractivity contribution in [3.63, 3.8) is 0 Å². The molecule has 3 rings (SSSR count). The van der Waals surface area contributed by atoms with Crippen LogP contribution in [-0.2, 0) is 9.59 Å². The van der Waals surface area contributed by atoms with Crippen molar-refractivity contribution in [2.75, 3.05) is 31.3 Å². The van der Waals surface area contributed by atoms with Crippen LogP contribution in [0, 0.1) is 0 Å². The summed E-state index contributed by atoms with van der Waals surface area (Å²) in [6.07, 6.45) is 1.63. The topological polar surface area (TPSA) is 89.6 Å². The highest BCUT2D eigenvalue weighted by atomic mass is 32.2. The number of thioether (sulfide) groups is 1. The number of nitrogens with one attached hydrogen (secondary N) is 2. The van der Waals surface area contributed by atoms with Crippen LogP contribution in [0.1, 0.15) is 0 Å². The zero-order chi connectivity index (χ0) is 22.8. The Kier molecular flexibility index (Phi) is 8.70. The van der Waals surface area contributed by atoms with Crippen molar-refractivity contribution in [3.05, 3.63) is 67.3 Å². The predicted molar refractivity (Wildman–Crippen MR) is 129 cm³/mol. The largest absolute Gasteiger partial charge is 0.497 e. The van der Waals surface area contributed by atoms with Gasteiger partial charge in [0.1, 0.15) is 22.2 Å². The average molecular weight is 470 g/mol. The van der Waals surface area contributed by atoms with E-state index in [0.717, 1.165) is 5.56 Å². The van der Waals surface area contributed by atoms with Gasteiger partial charge >= 0.3 is 0 Å². The first-order chi connectivity index (χ1) is 15.6. The van der Waals surface area contributed by atoms with Gasteiger partial charge in [-0.05, 0) is 24.3 Å². The summed E-state index contributed by atoms with van der Waals surface area (Å²) in [4.78, 5) is 29.0. The number of nitrogens with zero attached hydrogens (tertiary/aromatic N) is 1. The molecular weight excluding hydrogens is 446 g/mol. The lowest BCUT2D eigenvalue weighted by Crippen LogP contribution is -2.24. The number of ether oxygens (including phenoxy) is 2. The van der Waals surface area contributed by atoms with E-state index in [1.165, 1.54) is 23.1 Å². The molecule has 0 fully saturated rings. The summed E-state index contributed by atoms with van der Waals surface area (Å²) in [6.45, 7) is 3.85. The number of benzene rings is 2. The fourth-order valence-corrected chi connectivity index (χ4v) is 4.50. The van der Waals surface area contributed by atoms with Crippen molar-refractivity contribution in [2.24, 2.45) is 0 Å². The van der Waals surface area contributed by atoms with Crippen LogP contribution in [0.4, 0.5) is 5.00 Å². The highest BCUT2D eigenvalue weighted by molar-refractivity contribution is 8.01. The maximum atomic E-state index is 12.5. The van der Waals surface area contributed by atoms with Crippen molar-refractivity contribution in [3.8, 4) is 22.8 Å². The second-order valence-corrected chi connectivity index (χ2v) is 8.64. The lowest BCUT2D eigenvalue weighted by molar-refractivity contribution is -0.119. The predicted octanol–water partition coefficient (Wildman–Crippen LogP) is 4.23. The Morgan fingerprint density at radius 3 is 2.50 bits per heavy atom. The lowest BCUT2D eigenvalue weighted by atomic mass is 10.2. The molecule has 32 heavy (non-hydrogen) atoms. The quantitative estimate of drug-likeness (QED) is 0.323. The van der Waals surface area contributed by atoms with Crippen LogP contribution in [-0.4, -0.2) is 42.8 Å².